The fraction of sp³-hybridized carbons (Fsp3) is 0.111. The summed E-state index contributed by atoms with van der Waals surface area (Å²) in [5.74, 6) is -2.38. The third-order valence-corrected chi connectivity index (χ3v) is 12.5. The largest absolute Gasteiger partial charge is 0.416 e. The predicted octanol–water partition coefficient (Wildman–Crippen LogP) is 11.0. The first-order valence-electron chi connectivity index (χ1n) is 12.8. The molecule has 0 atom stereocenters. The minimum absolute atomic E-state index is 0.00617. The van der Waals surface area contributed by atoms with Gasteiger partial charge in [0, 0.05) is 42.7 Å². The molecule has 0 unspecified atom stereocenters. The highest BCUT2D eigenvalue weighted by Gasteiger charge is 2.33. The zero-order chi connectivity index (χ0) is 42.4. The van der Waals surface area contributed by atoms with Crippen molar-refractivity contribution < 1.29 is 68.8 Å². The summed E-state index contributed by atoms with van der Waals surface area (Å²) in [5.41, 5.74) is -1.60. The van der Waals surface area contributed by atoms with Crippen LogP contribution in [0.2, 0.25) is 15.1 Å². The van der Waals surface area contributed by atoms with E-state index in [9.17, 15) is 68.8 Å². The van der Waals surface area contributed by atoms with E-state index < -0.39 is 91.0 Å². The van der Waals surface area contributed by atoms with Gasteiger partial charge in [-0.1, -0.05) is 53.0 Å². The number of benzene rings is 4. The maximum Gasteiger partial charge on any atom is 0.416 e. The van der Waals surface area contributed by atoms with E-state index >= 15 is 0 Å². The van der Waals surface area contributed by atoms with Crippen LogP contribution in [-0.2, 0) is 48.6 Å². The van der Waals surface area contributed by atoms with Crippen LogP contribution in [0.3, 0.4) is 0 Å². The Balaban J connectivity index is 0.000000362. The summed E-state index contributed by atoms with van der Waals surface area (Å²) >= 11 is 16.4. The minimum atomic E-state index is -4.64. The number of hydrogen-bond donors (Lipinski definition) is 0. The summed E-state index contributed by atoms with van der Waals surface area (Å²) < 4.78 is 185. The molecule has 0 aromatic heterocycles. The number of alkyl halides is 6. The predicted molar refractivity (Wildman–Crippen MR) is 188 cm³/mol. The highest BCUT2D eigenvalue weighted by atomic mass is 35.7. The topological polar surface area (TPSA) is 137 Å². The van der Waals surface area contributed by atoms with Gasteiger partial charge in [-0.3, -0.25) is 0 Å². The van der Waals surface area contributed by atoms with Gasteiger partial charge in [0.15, 0.2) is 4.90 Å². The molecular weight excluding hydrogens is 981 g/mol. The molecule has 27 heteroatoms. The average molecular weight is 996 g/mol. The lowest BCUT2D eigenvalue weighted by Gasteiger charge is -2.08. The Hall–Kier alpha value is -1.85. The molecule has 0 aliphatic carbocycles. The van der Waals surface area contributed by atoms with Crippen molar-refractivity contribution in [2.75, 3.05) is 0 Å². The maximum absolute atomic E-state index is 12.6. The molecule has 0 bridgehead atoms. The quantitative estimate of drug-likeness (QED) is 0.146. The molecule has 0 amide bonds. The fourth-order valence-corrected chi connectivity index (χ4v) is 9.46. The van der Waals surface area contributed by atoms with Gasteiger partial charge >= 0.3 is 12.4 Å². The molecule has 0 spiro atoms. The van der Waals surface area contributed by atoms with Crippen molar-refractivity contribution in [1.82, 2.24) is 0 Å². The molecule has 4 aromatic rings. The van der Waals surface area contributed by atoms with Crippen molar-refractivity contribution in [3.63, 3.8) is 0 Å². The monoisotopic (exact) mass is 992 g/mol. The lowest BCUT2D eigenvalue weighted by atomic mass is 10.2. The molecule has 0 aliphatic rings. The van der Waals surface area contributed by atoms with Gasteiger partial charge in [0.25, 0.3) is 36.2 Å². The van der Waals surface area contributed by atoms with E-state index in [2.05, 4.69) is 0 Å². The third-order valence-electron chi connectivity index (χ3n) is 5.61. The highest BCUT2D eigenvalue weighted by molar-refractivity contribution is 8.14. The Morgan fingerprint density at radius 3 is 1.20 bits per heavy atom. The van der Waals surface area contributed by atoms with Gasteiger partial charge in [-0.2, -0.15) is 26.3 Å². The second-order valence-corrected chi connectivity index (χ2v) is 20.8. The Kier molecular flexibility index (Phi) is 17.7. The molecule has 300 valence electrons. The first kappa shape index (κ1) is 50.2. The molecular formula is C27H15Cl7F8O8S4. The zero-order valence-corrected chi connectivity index (χ0v) is 34.1. The van der Waals surface area contributed by atoms with Crippen molar-refractivity contribution >= 4 is 114 Å². The van der Waals surface area contributed by atoms with Crippen molar-refractivity contribution in [1.29, 1.82) is 0 Å². The molecule has 4 rings (SSSR count). The van der Waals surface area contributed by atoms with Gasteiger partial charge in [-0.25, -0.2) is 42.5 Å². The van der Waals surface area contributed by atoms with Crippen LogP contribution in [0.1, 0.15) is 16.7 Å². The van der Waals surface area contributed by atoms with Gasteiger partial charge in [0.05, 0.1) is 26.2 Å². The second kappa shape index (κ2) is 19.1. The highest BCUT2D eigenvalue weighted by Crippen LogP contribution is 2.35. The van der Waals surface area contributed by atoms with E-state index in [-0.39, 0.29) is 14.9 Å². The summed E-state index contributed by atoms with van der Waals surface area (Å²) in [4.78, 5) is -2.40. The smallest absolute Gasteiger partial charge is 0.207 e. The molecule has 0 aliphatic heterocycles. The van der Waals surface area contributed by atoms with Gasteiger partial charge < -0.3 is 0 Å². The summed E-state index contributed by atoms with van der Waals surface area (Å²) in [7, 11) is 3.30. The van der Waals surface area contributed by atoms with Gasteiger partial charge in [0.1, 0.15) is 26.3 Å². The molecule has 0 fully saturated rings. The van der Waals surface area contributed by atoms with E-state index in [4.69, 9.17) is 77.5 Å². The molecule has 8 nitrogen and oxygen atoms in total. The van der Waals surface area contributed by atoms with E-state index in [1.165, 1.54) is 6.07 Å². The number of halogens is 15. The van der Waals surface area contributed by atoms with Crippen molar-refractivity contribution in [2.24, 2.45) is 0 Å². The van der Waals surface area contributed by atoms with Crippen LogP contribution in [0.25, 0.3) is 0 Å². The van der Waals surface area contributed by atoms with Crippen LogP contribution in [0.15, 0.2) is 92.4 Å². The standard InChI is InChI=1S/2C7H3Cl2F3O2S.C7H6Cl2O2S.C6H3ClF2O2S/c8-5-3-4(7(10,11)12)1-2-6(5)15(9,13)14;8-5-2-1-4(7(10,11)12)3-6(5)15(9,13)14;1-5-3-2-4-6(8)7(5)12(9,10)11;7-12(10,11)6-4(8)2-1-3-5(6)9/h2*1-3H;2-4H,1H3;1-3H. The van der Waals surface area contributed by atoms with E-state index in [0.29, 0.717) is 35.9 Å². The molecule has 0 saturated carbocycles. The Morgan fingerprint density at radius 2 is 0.870 bits per heavy atom. The number of rotatable bonds is 4. The summed E-state index contributed by atoms with van der Waals surface area (Å²) in [6.45, 7) is 1.64. The third kappa shape index (κ3) is 15.6. The summed E-state index contributed by atoms with van der Waals surface area (Å²) in [6, 6.07) is 11.2. The molecule has 54 heavy (non-hydrogen) atoms. The maximum atomic E-state index is 12.6. The van der Waals surface area contributed by atoms with Gasteiger partial charge in [0.2, 0.25) is 0 Å². The summed E-state index contributed by atoms with van der Waals surface area (Å²) in [5, 5.41) is -0.747. The minimum Gasteiger partial charge on any atom is -0.207 e. The van der Waals surface area contributed by atoms with Crippen molar-refractivity contribution in [3.05, 3.63) is 116 Å². The van der Waals surface area contributed by atoms with Crippen LogP contribution in [-0.4, -0.2) is 33.7 Å². The van der Waals surface area contributed by atoms with E-state index in [0.717, 1.165) is 24.3 Å². The lowest BCUT2D eigenvalue weighted by molar-refractivity contribution is -0.138. The second-order valence-electron chi connectivity index (χ2n) is 9.47. The van der Waals surface area contributed by atoms with Crippen LogP contribution < -0.4 is 0 Å². The Bertz CT molecular complexity index is 2330. The first-order chi connectivity index (χ1) is 24.1. The molecule has 0 N–H and O–H groups in total. The van der Waals surface area contributed by atoms with Crippen LogP contribution in [0.5, 0.6) is 0 Å². The van der Waals surface area contributed by atoms with Gasteiger partial charge in [-0.15, -0.1) is 0 Å². The van der Waals surface area contributed by atoms with Gasteiger partial charge in [-0.05, 0) is 67.1 Å². The van der Waals surface area contributed by atoms with Crippen LogP contribution in [0, 0.1) is 18.6 Å². The number of hydrogen-bond acceptors (Lipinski definition) is 8. The average Bonchev–Trinajstić information content (AvgIpc) is 2.94. The normalized spacial score (nSPS) is 12.3. The van der Waals surface area contributed by atoms with Crippen molar-refractivity contribution in [2.45, 2.75) is 38.9 Å². The molecule has 0 heterocycles. The van der Waals surface area contributed by atoms with Crippen molar-refractivity contribution in [3.8, 4) is 0 Å². The van der Waals surface area contributed by atoms with Crippen LogP contribution in [0.4, 0.5) is 35.1 Å². The Labute approximate surface area is 335 Å². The number of aryl methyl sites for hydroxylation is 1. The molecule has 0 radical (unpaired) electrons. The zero-order valence-electron chi connectivity index (χ0n) is 25.5. The molecule has 4 aromatic carbocycles. The van der Waals surface area contributed by atoms with Crippen LogP contribution >= 0.6 is 77.5 Å². The first-order valence-corrected chi connectivity index (χ1v) is 23.2. The fourth-order valence-electron chi connectivity index (χ4n) is 3.38. The SMILES string of the molecule is Cc1cccc(Cl)c1S(=O)(=O)Cl.O=S(=O)(Cl)c1c(F)cccc1F.O=S(=O)(Cl)c1cc(C(F)(F)F)ccc1Cl.O=S(=O)(Cl)c1ccc(C(F)(F)F)cc1Cl. The van der Waals surface area contributed by atoms with E-state index in [1.54, 1.807) is 19.1 Å². The lowest BCUT2D eigenvalue weighted by Crippen LogP contribution is -2.06. The van der Waals surface area contributed by atoms with E-state index in [1.807, 2.05) is 0 Å². The summed E-state index contributed by atoms with van der Waals surface area (Å²) in [6.07, 6.45) is -9.21. The Morgan fingerprint density at radius 1 is 0.463 bits per heavy atom. The molecule has 0 saturated heterocycles.